The molecule has 16 heavy (non-hydrogen) atoms. The lowest BCUT2D eigenvalue weighted by Gasteiger charge is -2.23. The molecule has 1 aromatic heterocycles. The van der Waals surface area contributed by atoms with Gasteiger partial charge in [0, 0.05) is 5.92 Å². The molecule has 0 aliphatic heterocycles. The van der Waals surface area contributed by atoms with Crippen molar-refractivity contribution in [1.82, 2.24) is 4.73 Å². The average molecular weight is 225 g/mol. The van der Waals surface area contributed by atoms with Crippen molar-refractivity contribution in [1.29, 1.82) is 0 Å². The van der Waals surface area contributed by atoms with Crippen LogP contribution in [-0.2, 0) is 0 Å². The van der Waals surface area contributed by atoms with Crippen LogP contribution in [-0.4, -0.2) is 9.94 Å². The maximum atomic E-state index is 13.2. The van der Waals surface area contributed by atoms with E-state index < -0.39 is 11.4 Å². The molecule has 88 valence electrons. The molecule has 0 atom stereocenters. The summed E-state index contributed by atoms with van der Waals surface area (Å²) in [6.07, 6.45) is 5.34. The van der Waals surface area contributed by atoms with Gasteiger partial charge in [0.2, 0.25) is 0 Å². The van der Waals surface area contributed by atoms with Gasteiger partial charge in [-0.05, 0) is 31.4 Å². The first-order valence-electron chi connectivity index (χ1n) is 5.72. The number of rotatable bonds is 1. The van der Waals surface area contributed by atoms with Gasteiger partial charge < -0.3 is 5.21 Å². The minimum absolute atomic E-state index is 0.186. The summed E-state index contributed by atoms with van der Waals surface area (Å²) in [5.74, 6) is -0.673. The van der Waals surface area contributed by atoms with Gasteiger partial charge in [0.15, 0.2) is 5.82 Å². The van der Waals surface area contributed by atoms with Gasteiger partial charge in [-0.2, -0.15) is 0 Å². The van der Waals surface area contributed by atoms with E-state index in [0.717, 1.165) is 25.7 Å². The second-order valence-corrected chi connectivity index (χ2v) is 4.52. The van der Waals surface area contributed by atoms with Crippen LogP contribution in [0.25, 0.3) is 0 Å². The summed E-state index contributed by atoms with van der Waals surface area (Å²) in [4.78, 5) is 11.4. The molecule has 1 aliphatic carbocycles. The maximum absolute atomic E-state index is 13.2. The van der Waals surface area contributed by atoms with Crippen molar-refractivity contribution in [2.45, 2.75) is 44.9 Å². The first kappa shape index (κ1) is 11.2. The molecule has 1 heterocycles. The molecule has 0 aromatic carbocycles. The third kappa shape index (κ3) is 1.84. The molecule has 1 N–H and O–H groups in total. The van der Waals surface area contributed by atoms with Gasteiger partial charge >= 0.3 is 5.56 Å². The maximum Gasteiger partial charge on any atom is 0.319 e. The topological polar surface area (TPSA) is 42.2 Å². The van der Waals surface area contributed by atoms with Crippen LogP contribution in [0, 0.1) is 12.7 Å². The Labute approximate surface area is 93.5 Å². The molecular formula is C12H16FNO2. The van der Waals surface area contributed by atoms with Crippen LogP contribution in [0.4, 0.5) is 4.39 Å². The molecule has 0 amide bonds. The lowest BCUT2D eigenvalue weighted by atomic mass is 9.86. The number of aryl methyl sites for hydroxylation is 1. The van der Waals surface area contributed by atoms with Crippen LogP contribution >= 0.6 is 0 Å². The average Bonchev–Trinajstić information content (AvgIpc) is 2.32. The van der Waals surface area contributed by atoms with Crippen molar-refractivity contribution in [3.05, 3.63) is 33.5 Å². The van der Waals surface area contributed by atoms with Crippen LogP contribution < -0.4 is 5.56 Å². The van der Waals surface area contributed by atoms with Crippen LogP contribution in [0.5, 0.6) is 0 Å². The summed E-state index contributed by atoms with van der Waals surface area (Å²) in [5.41, 5.74) is -0.0555. The highest BCUT2D eigenvalue weighted by molar-refractivity contribution is 5.20. The summed E-state index contributed by atoms with van der Waals surface area (Å²) in [6.45, 7) is 1.56. The van der Waals surface area contributed by atoms with E-state index in [-0.39, 0.29) is 5.92 Å². The zero-order valence-corrected chi connectivity index (χ0v) is 9.37. The fourth-order valence-electron chi connectivity index (χ4n) is 2.41. The molecule has 0 saturated heterocycles. The molecule has 1 saturated carbocycles. The SMILES string of the molecule is Cc1cc(C2CCCCC2)n(O)c(=O)c1F. The quantitative estimate of drug-likeness (QED) is 0.746. The van der Waals surface area contributed by atoms with E-state index in [1.54, 1.807) is 13.0 Å². The predicted octanol–water partition coefficient (Wildman–Crippen LogP) is 2.58. The Balaban J connectivity index is 2.44. The van der Waals surface area contributed by atoms with E-state index in [0.29, 0.717) is 16.0 Å². The molecule has 0 radical (unpaired) electrons. The summed E-state index contributed by atoms with van der Waals surface area (Å²) in [5, 5.41) is 9.62. The fourth-order valence-corrected chi connectivity index (χ4v) is 2.41. The fraction of sp³-hybridized carbons (Fsp3) is 0.583. The molecule has 1 aromatic rings. The van der Waals surface area contributed by atoms with Crippen molar-refractivity contribution in [3.8, 4) is 0 Å². The Morgan fingerprint density at radius 2 is 2.00 bits per heavy atom. The highest BCUT2D eigenvalue weighted by atomic mass is 19.1. The molecule has 1 fully saturated rings. The van der Waals surface area contributed by atoms with E-state index in [2.05, 4.69) is 0 Å². The lowest BCUT2D eigenvalue weighted by molar-refractivity contribution is 0.152. The van der Waals surface area contributed by atoms with Gasteiger partial charge in [0.1, 0.15) is 0 Å². The van der Waals surface area contributed by atoms with E-state index >= 15 is 0 Å². The van der Waals surface area contributed by atoms with Crippen molar-refractivity contribution in [2.75, 3.05) is 0 Å². The van der Waals surface area contributed by atoms with Gasteiger partial charge in [0.05, 0.1) is 5.69 Å². The summed E-state index contributed by atoms with van der Waals surface area (Å²) >= 11 is 0. The summed E-state index contributed by atoms with van der Waals surface area (Å²) in [7, 11) is 0. The van der Waals surface area contributed by atoms with Crippen molar-refractivity contribution in [2.24, 2.45) is 0 Å². The first-order chi connectivity index (χ1) is 7.61. The minimum Gasteiger partial charge on any atom is -0.425 e. The number of hydrogen-bond acceptors (Lipinski definition) is 2. The highest BCUT2D eigenvalue weighted by Gasteiger charge is 2.21. The number of hydrogen-bond donors (Lipinski definition) is 1. The number of pyridine rings is 1. The molecule has 2 rings (SSSR count). The summed E-state index contributed by atoms with van der Waals surface area (Å²) < 4.78 is 13.7. The van der Waals surface area contributed by atoms with Crippen LogP contribution in [0.15, 0.2) is 10.9 Å². The summed E-state index contributed by atoms with van der Waals surface area (Å²) in [6, 6.07) is 1.59. The third-order valence-electron chi connectivity index (χ3n) is 3.36. The van der Waals surface area contributed by atoms with E-state index in [1.807, 2.05) is 0 Å². The van der Waals surface area contributed by atoms with Gasteiger partial charge in [-0.1, -0.05) is 19.3 Å². The predicted molar refractivity (Wildman–Crippen MR) is 58.4 cm³/mol. The Morgan fingerprint density at radius 3 is 2.62 bits per heavy atom. The van der Waals surface area contributed by atoms with E-state index in [4.69, 9.17) is 0 Å². The molecule has 0 spiro atoms. The first-order valence-corrected chi connectivity index (χ1v) is 5.72. The van der Waals surface area contributed by atoms with Gasteiger partial charge in [0.25, 0.3) is 0 Å². The molecule has 1 aliphatic rings. The van der Waals surface area contributed by atoms with Crippen molar-refractivity contribution in [3.63, 3.8) is 0 Å². The zero-order chi connectivity index (χ0) is 11.7. The number of halogens is 1. The smallest absolute Gasteiger partial charge is 0.319 e. The largest absolute Gasteiger partial charge is 0.425 e. The van der Waals surface area contributed by atoms with Gasteiger partial charge in [-0.25, -0.2) is 4.39 Å². The Kier molecular flexibility index (Phi) is 2.99. The third-order valence-corrected chi connectivity index (χ3v) is 3.36. The molecular weight excluding hydrogens is 209 g/mol. The van der Waals surface area contributed by atoms with Gasteiger partial charge in [-0.15, -0.1) is 4.73 Å². The second kappa shape index (κ2) is 4.28. The Hall–Kier alpha value is -1.32. The Bertz CT molecular complexity index is 447. The van der Waals surface area contributed by atoms with Crippen molar-refractivity contribution >= 4 is 0 Å². The standard InChI is InChI=1S/C12H16FNO2/c1-8-7-10(9-5-3-2-4-6-9)14(16)12(15)11(8)13/h7,9,16H,2-6H2,1H3. The van der Waals surface area contributed by atoms with Crippen LogP contribution in [0.2, 0.25) is 0 Å². The minimum atomic E-state index is -0.930. The molecule has 3 nitrogen and oxygen atoms in total. The Morgan fingerprint density at radius 1 is 1.38 bits per heavy atom. The monoisotopic (exact) mass is 225 g/mol. The number of nitrogens with zero attached hydrogens (tertiary/aromatic N) is 1. The van der Waals surface area contributed by atoms with Crippen LogP contribution in [0.1, 0.15) is 49.3 Å². The number of aromatic nitrogens is 1. The van der Waals surface area contributed by atoms with Crippen molar-refractivity contribution < 1.29 is 9.60 Å². The second-order valence-electron chi connectivity index (χ2n) is 4.52. The normalized spacial score (nSPS) is 17.6. The van der Waals surface area contributed by atoms with E-state index in [9.17, 15) is 14.4 Å². The molecule has 0 bridgehead atoms. The zero-order valence-electron chi connectivity index (χ0n) is 9.37. The molecule has 4 heteroatoms. The highest BCUT2D eigenvalue weighted by Crippen LogP contribution is 2.32. The van der Waals surface area contributed by atoms with E-state index in [1.165, 1.54) is 6.42 Å². The van der Waals surface area contributed by atoms with Gasteiger partial charge in [-0.3, -0.25) is 4.79 Å². The lowest BCUT2D eigenvalue weighted by Crippen LogP contribution is -2.27. The van der Waals surface area contributed by atoms with Crippen LogP contribution in [0.3, 0.4) is 0 Å². The molecule has 0 unspecified atom stereocenters.